The predicted molar refractivity (Wildman–Crippen MR) is 78.5 cm³/mol. The zero-order valence-corrected chi connectivity index (χ0v) is 12.5. The minimum absolute atomic E-state index is 0.0471. The molecule has 1 rings (SSSR count). The first-order valence-corrected chi connectivity index (χ1v) is 8.06. The van der Waals surface area contributed by atoms with E-state index < -0.39 is 0 Å². The molecule has 1 fully saturated rings. The van der Waals surface area contributed by atoms with Gasteiger partial charge < -0.3 is 10.8 Å². The highest BCUT2D eigenvalue weighted by Crippen LogP contribution is 2.46. The smallest absolute Gasteiger partial charge is 0.0608 e. The van der Waals surface area contributed by atoms with Crippen molar-refractivity contribution in [1.82, 2.24) is 0 Å². The van der Waals surface area contributed by atoms with Crippen LogP contribution in [-0.2, 0) is 0 Å². The molecule has 0 amide bonds. The lowest BCUT2D eigenvalue weighted by molar-refractivity contribution is 0.0231. The minimum Gasteiger partial charge on any atom is -0.393 e. The molecule has 3 N–H and O–H groups in total. The van der Waals surface area contributed by atoms with Gasteiger partial charge in [-0.15, -0.1) is 0 Å². The summed E-state index contributed by atoms with van der Waals surface area (Å²) in [4.78, 5) is 0. The van der Waals surface area contributed by atoms with Gasteiger partial charge in [-0.05, 0) is 31.6 Å². The summed E-state index contributed by atoms with van der Waals surface area (Å²) < 4.78 is 0. The number of hydrogen-bond donors (Lipinski definition) is 2. The summed E-state index contributed by atoms with van der Waals surface area (Å²) in [5, 5.41) is 10.5. The molecule has 3 atom stereocenters. The summed E-state index contributed by atoms with van der Waals surface area (Å²) in [6.45, 7) is 5.16. The maximum Gasteiger partial charge on any atom is 0.0608 e. The SMILES string of the molecule is CCCCCCCC(O)C1(CN)CCC(CC)C1. The van der Waals surface area contributed by atoms with Crippen LogP contribution in [0.2, 0.25) is 0 Å². The van der Waals surface area contributed by atoms with Crippen LogP contribution < -0.4 is 5.73 Å². The van der Waals surface area contributed by atoms with Crippen LogP contribution in [0.5, 0.6) is 0 Å². The average molecular weight is 255 g/mol. The van der Waals surface area contributed by atoms with E-state index in [1.807, 2.05) is 0 Å². The van der Waals surface area contributed by atoms with Gasteiger partial charge in [-0.3, -0.25) is 0 Å². The number of aliphatic hydroxyl groups is 1. The molecular weight excluding hydrogens is 222 g/mol. The van der Waals surface area contributed by atoms with E-state index in [1.54, 1.807) is 0 Å². The third-order valence-electron chi connectivity index (χ3n) is 5.02. The second kappa shape index (κ2) is 8.16. The lowest BCUT2D eigenvalue weighted by Gasteiger charge is -2.33. The molecular formula is C16H33NO. The first-order chi connectivity index (χ1) is 8.68. The standard InChI is InChI=1S/C16H33NO/c1-3-5-6-7-8-9-15(18)16(13-17)11-10-14(4-2)12-16/h14-15,18H,3-13,17H2,1-2H3. The first kappa shape index (κ1) is 16.0. The van der Waals surface area contributed by atoms with Crippen LogP contribution in [0.15, 0.2) is 0 Å². The van der Waals surface area contributed by atoms with Crippen molar-refractivity contribution in [1.29, 1.82) is 0 Å². The fourth-order valence-corrected chi connectivity index (χ4v) is 3.49. The van der Waals surface area contributed by atoms with Gasteiger partial charge in [0.25, 0.3) is 0 Å². The van der Waals surface area contributed by atoms with Gasteiger partial charge in [0.15, 0.2) is 0 Å². The monoisotopic (exact) mass is 255 g/mol. The molecule has 0 aromatic heterocycles. The van der Waals surface area contributed by atoms with Crippen LogP contribution in [0, 0.1) is 11.3 Å². The maximum atomic E-state index is 10.5. The molecule has 0 radical (unpaired) electrons. The topological polar surface area (TPSA) is 46.2 Å². The zero-order chi connectivity index (χ0) is 13.4. The molecule has 2 nitrogen and oxygen atoms in total. The second-order valence-corrected chi connectivity index (χ2v) is 6.30. The number of aliphatic hydroxyl groups excluding tert-OH is 1. The van der Waals surface area contributed by atoms with Crippen molar-refractivity contribution in [2.75, 3.05) is 6.54 Å². The molecule has 0 aromatic carbocycles. The largest absolute Gasteiger partial charge is 0.393 e. The minimum atomic E-state index is -0.166. The molecule has 0 saturated heterocycles. The molecule has 0 aromatic rings. The summed E-state index contributed by atoms with van der Waals surface area (Å²) >= 11 is 0. The van der Waals surface area contributed by atoms with Gasteiger partial charge in [0.05, 0.1) is 6.10 Å². The van der Waals surface area contributed by atoms with Crippen LogP contribution in [0.4, 0.5) is 0 Å². The summed E-state index contributed by atoms with van der Waals surface area (Å²) in [6, 6.07) is 0. The van der Waals surface area contributed by atoms with Crippen LogP contribution in [0.25, 0.3) is 0 Å². The van der Waals surface area contributed by atoms with E-state index in [1.165, 1.54) is 44.9 Å². The van der Waals surface area contributed by atoms with Gasteiger partial charge in [0, 0.05) is 12.0 Å². The molecule has 0 spiro atoms. The Bertz CT molecular complexity index is 219. The molecule has 0 aliphatic heterocycles. The highest BCUT2D eigenvalue weighted by atomic mass is 16.3. The maximum absolute atomic E-state index is 10.5. The van der Waals surface area contributed by atoms with Gasteiger partial charge in [-0.1, -0.05) is 52.4 Å². The van der Waals surface area contributed by atoms with E-state index in [0.29, 0.717) is 6.54 Å². The summed E-state index contributed by atoms with van der Waals surface area (Å²) in [6.07, 6.45) is 11.9. The van der Waals surface area contributed by atoms with E-state index >= 15 is 0 Å². The Labute approximate surface area is 113 Å². The Balaban J connectivity index is 2.31. The lowest BCUT2D eigenvalue weighted by Crippen LogP contribution is -2.39. The van der Waals surface area contributed by atoms with Gasteiger partial charge in [-0.2, -0.15) is 0 Å². The Morgan fingerprint density at radius 2 is 1.94 bits per heavy atom. The van der Waals surface area contributed by atoms with Crippen molar-refractivity contribution < 1.29 is 5.11 Å². The summed E-state index contributed by atoms with van der Waals surface area (Å²) in [5.74, 6) is 0.795. The van der Waals surface area contributed by atoms with Gasteiger partial charge >= 0.3 is 0 Å². The van der Waals surface area contributed by atoms with Crippen LogP contribution in [0.1, 0.15) is 78.1 Å². The summed E-state index contributed by atoms with van der Waals surface area (Å²) in [7, 11) is 0. The Hall–Kier alpha value is -0.0800. The number of nitrogens with two attached hydrogens (primary N) is 1. The Kier molecular flexibility index (Phi) is 7.25. The summed E-state index contributed by atoms with van der Waals surface area (Å²) in [5.41, 5.74) is 6.03. The van der Waals surface area contributed by atoms with Crippen molar-refractivity contribution in [2.24, 2.45) is 17.1 Å². The zero-order valence-electron chi connectivity index (χ0n) is 12.5. The van der Waals surface area contributed by atoms with Crippen molar-refractivity contribution >= 4 is 0 Å². The molecule has 1 saturated carbocycles. The number of unbranched alkanes of at least 4 members (excludes halogenated alkanes) is 4. The van der Waals surface area contributed by atoms with E-state index in [2.05, 4.69) is 13.8 Å². The molecule has 18 heavy (non-hydrogen) atoms. The fraction of sp³-hybridized carbons (Fsp3) is 1.00. The van der Waals surface area contributed by atoms with E-state index in [4.69, 9.17) is 5.73 Å². The highest BCUT2D eigenvalue weighted by molar-refractivity contribution is 4.94. The predicted octanol–water partition coefficient (Wildman–Crippen LogP) is 3.86. The first-order valence-electron chi connectivity index (χ1n) is 8.06. The average Bonchev–Trinajstić information content (AvgIpc) is 2.83. The van der Waals surface area contributed by atoms with Crippen LogP contribution in [-0.4, -0.2) is 17.8 Å². The Morgan fingerprint density at radius 3 is 2.50 bits per heavy atom. The molecule has 1 aliphatic carbocycles. The molecule has 0 bridgehead atoms. The van der Waals surface area contributed by atoms with Gasteiger partial charge in [0.2, 0.25) is 0 Å². The number of hydrogen-bond acceptors (Lipinski definition) is 2. The normalized spacial score (nSPS) is 29.7. The quantitative estimate of drug-likeness (QED) is 0.614. The number of rotatable bonds is 9. The van der Waals surface area contributed by atoms with Crippen molar-refractivity contribution in [3.8, 4) is 0 Å². The third kappa shape index (κ3) is 4.24. The molecule has 3 unspecified atom stereocenters. The van der Waals surface area contributed by atoms with Crippen molar-refractivity contribution in [3.05, 3.63) is 0 Å². The van der Waals surface area contributed by atoms with Crippen LogP contribution >= 0.6 is 0 Å². The third-order valence-corrected chi connectivity index (χ3v) is 5.02. The van der Waals surface area contributed by atoms with E-state index in [9.17, 15) is 5.11 Å². The molecule has 1 aliphatic rings. The van der Waals surface area contributed by atoms with E-state index in [0.717, 1.165) is 25.2 Å². The second-order valence-electron chi connectivity index (χ2n) is 6.30. The van der Waals surface area contributed by atoms with Crippen molar-refractivity contribution in [2.45, 2.75) is 84.2 Å². The molecule has 2 heteroatoms. The van der Waals surface area contributed by atoms with Gasteiger partial charge in [-0.25, -0.2) is 0 Å². The van der Waals surface area contributed by atoms with Gasteiger partial charge in [0.1, 0.15) is 0 Å². The van der Waals surface area contributed by atoms with Crippen LogP contribution in [0.3, 0.4) is 0 Å². The van der Waals surface area contributed by atoms with E-state index in [-0.39, 0.29) is 11.5 Å². The molecule has 108 valence electrons. The highest BCUT2D eigenvalue weighted by Gasteiger charge is 2.42. The fourth-order valence-electron chi connectivity index (χ4n) is 3.49. The van der Waals surface area contributed by atoms with Crippen molar-refractivity contribution in [3.63, 3.8) is 0 Å². The lowest BCUT2D eigenvalue weighted by atomic mass is 9.77. The molecule has 0 heterocycles. The Morgan fingerprint density at radius 1 is 1.22 bits per heavy atom.